The Morgan fingerprint density at radius 2 is 1.86 bits per heavy atom. The third kappa shape index (κ3) is 2.84. The molecule has 28 heavy (non-hydrogen) atoms. The molecule has 1 atom stereocenters. The quantitative estimate of drug-likeness (QED) is 0.407. The second-order valence-corrected chi connectivity index (χ2v) is 7.87. The van der Waals surface area contributed by atoms with Crippen LogP contribution in [0.5, 0.6) is 0 Å². The zero-order valence-corrected chi connectivity index (χ0v) is 16.4. The Labute approximate surface area is 165 Å². The number of ketones is 1. The van der Waals surface area contributed by atoms with E-state index in [0.29, 0.717) is 16.5 Å². The Morgan fingerprint density at radius 3 is 2.43 bits per heavy atom. The molecule has 1 aromatic carbocycles. The molecular weight excluding hydrogens is 376 g/mol. The van der Waals surface area contributed by atoms with Gasteiger partial charge >= 0.3 is 5.91 Å². The number of hydrogen-bond donors (Lipinski definition) is 1. The molecule has 142 valence electrons. The molecule has 3 aromatic rings. The number of thiazole rings is 1. The van der Waals surface area contributed by atoms with Crippen molar-refractivity contribution in [2.24, 2.45) is 0 Å². The lowest BCUT2D eigenvalue weighted by Gasteiger charge is -2.20. The summed E-state index contributed by atoms with van der Waals surface area (Å²) < 4.78 is 5.52. The van der Waals surface area contributed by atoms with Gasteiger partial charge in [-0.15, -0.1) is 11.3 Å². The smallest absolute Gasteiger partial charge is 0.302 e. The Morgan fingerprint density at radius 1 is 1.14 bits per heavy atom. The van der Waals surface area contributed by atoms with Crippen LogP contribution >= 0.6 is 11.3 Å². The lowest BCUT2D eigenvalue weighted by Crippen LogP contribution is -2.29. The normalized spacial score (nSPS) is 18.8. The van der Waals surface area contributed by atoms with E-state index in [4.69, 9.17) is 4.42 Å². The van der Waals surface area contributed by atoms with E-state index in [0.717, 1.165) is 16.1 Å². The zero-order valence-electron chi connectivity index (χ0n) is 15.6. The van der Waals surface area contributed by atoms with Crippen molar-refractivity contribution in [3.05, 3.63) is 75.7 Å². The van der Waals surface area contributed by atoms with Crippen molar-refractivity contribution in [2.75, 3.05) is 4.90 Å². The summed E-state index contributed by atoms with van der Waals surface area (Å²) in [5.74, 6) is -1.33. The van der Waals surface area contributed by atoms with Gasteiger partial charge in [0.2, 0.25) is 0 Å². The number of aromatic nitrogens is 1. The first-order valence-corrected chi connectivity index (χ1v) is 9.55. The van der Waals surface area contributed by atoms with Gasteiger partial charge in [0, 0.05) is 10.4 Å². The van der Waals surface area contributed by atoms with Crippen molar-refractivity contribution in [3.63, 3.8) is 0 Å². The Balaban J connectivity index is 1.92. The van der Waals surface area contributed by atoms with Gasteiger partial charge in [-0.25, -0.2) is 4.98 Å². The van der Waals surface area contributed by atoms with Crippen LogP contribution in [-0.4, -0.2) is 21.8 Å². The Bertz CT molecular complexity index is 1070. The number of hydrogen-bond acceptors (Lipinski definition) is 6. The van der Waals surface area contributed by atoms with E-state index in [9.17, 15) is 14.7 Å². The molecule has 1 aliphatic heterocycles. The fraction of sp³-hybridized carbons (Fsp3) is 0.190. The number of nitrogens with zero attached hydrogens (tertiary/aromatic N) is 2. The summed E-state index contributed by atoms with van der Waals surface area (Å²) in [6.07, 6.45) is 1.47. The standard InChI is InChI=1S/C21H18N2O4S/c1-11-6-8-14(9-7-11)18(24)16-17(15-5-4-10-27-15)23(20(26)19(16)25)21-22-12(2)13(3)28-21/h4-10,17,24H,1-3H3/t17-/m0/s1. The molecule has 1 saturated heterocycles. The molecule has 7 heteroatoms. The second kappa shape index (κ2) is 6.76. The Hall–Kier alpha value is -3.19. The van der Waals surface area contributed by atoms with Crippen LogP contribution in [-0.2, 0) is 9.59 Å². The van der Waals surface area contributed by atoms with Gasteiger partial charge in [0.25, 0.3) is 5.78 Å². The van der Waals surface area contributed by atoms with Gasteiger partial charge in [-0.1, -0.05) is 29.8 Å². The number of amides is 1. The van der Waals surface area contributed by atoms with Gasteiger partial charge in [0.15, 0.2) is 5.13 Å². The summed E-state index contributed by atoms with van der Waals surface area (Å²) in [5.41, 5.74) is 2.27. The predicted octanol–water partition coefficient (Wildman–Crippen LogP) is 4.29. The highest BCUT2D eigenvalue weighted by molar-refractivity contribution is 7.16. The molecule has 0 saturated carbocycles. The minimum Gasteiger partial charge on any atom is -0.507 e. The first kappa shape index (κ1) is 18.2. The number of furan rings is 1. The van der Waals surface area contributed by atoms with Crippen molar-refractivity contribution in [1.29, 1.82) is 0 Å². The van der Waals surface area contributed by atoms with Crippen molar-refractivity contribution in [3.8, 4) is 0 Å². The van der Waals surface area contributed by atoms with Crippen LogP contribution in [0.1, 0.15) is 33.5 Å². The number of anilines is 1. The van der Waals surface area contributed by atoms with Crippen molar-refractivity contribution in [2.45, 2.75) is 26.8 Å². The van der Waals surface area contributed by atoms with Crippen LogP contribution in [0.4, 0.5) is 5.13 Å². The molecule has 3 heterocycles. The molecular formula is C21H18N2O4S. The summed E-state index contributed by atoms with van der Waals surface area (Å²) in [5, 5.41) is 11.3. The molecule has 4 rings (SSSR count). The summed E-state index contributed by atoms with van der Waals surface area (Å²) in [4.78, 5) is 32.5. The lowest BCUT2D eigenvalue weighted by atomic mass is 9.99. The van der Waals surface area contributed by atoms with Gasteiger partial charge < -0.3 is 9.52 Å². The number of Topliss-reactive ketones (excluding diaryl/α,β-unsaturated/α-hetero) is 1. The SMILES string of the molecule is Cc1ccc(C(O)=C2C(=O)C(=O)N(c3nc(C)c(C)s3)[C@H]2c2ccco2)cc1. The van der Waals surface area contributed by atoms with E-state index in [1.54, 1.807) is 24.3 Å². The van der Waals surface area contributed by atoms with Crippen molar-refractivity contribution in [1.82, 2.24) is 4.98 Å². The van der Waals surface area contributed by atoms with Crippen LogP contribution in [0.15, 0.2) is 52.7 Å². The largest absolute Gasteiger partial charge is 0.507 e. The van der Waals surface area contributed by atoms with Crippen LogP contribution in [0, 0.1) is 20.8 Å². The first-order chi connectivity index (χ1) is 13.4. The van der Waals surface area contributed by atoms with Crippen LogP contribution in [0.25, 0.3) is 5.76 Å². The van der Waals surface area contributed by atoms with Gasteiger partial charge in [0.1, 0.15) is 17.6 Å². The number of benzene rings is 1. The predicted molar refractivity (Wildman–Crippen MR) is 106 cm³/mol. The lowest BCUT2D eigenvalue weighted by molar-refractivity contribution is -0.132. The van der Waals surface area contributed by atoms with E-state index in [1.807, 2.05) is 32.9 Å². The average molecular weight is 394 g/mol. The molecule has 1 amide bonds. The maximum atomic E-state index is 12.9. The number of aryl methyl sites for hydroxylation is 3. The van der Waals surface area contributed by atoms with E-state index >= 15 is 0 Å². The van der Waals surface area contributed by atoms with Crippen LogP contribution in [0.3, 0.4) is 0 Å². The highest BCUT2D eigenvalue weighted by atomic mass is 32.1. The van der Waals surface area contributed by atoms with Crippen LogP contribution in [0.2, 0.25) is 0 Å². The van der Waals surface area contributed by atoms with Crippen molar-refractivity contribution >= 4 is 33.9 Å². The Kier molecular flexibility index (Phi) is 4.39. The third-order valence-electron chi connectivity index (χ3n) is 4.81. The average Bonchev–Trinajstić information content (AvgIpc) is 3.36. The van der Waals surface area contributed by atoms with E-state index in [1.165, 1.54) is 22.5 Å². The monoisotopic (exact) mass is 394 g/mol. The fourth-order valence-corrected chi connectivity index (χ4v) is 4.11. The maximum Gasteiger partial charge on any atom is 0.302 e. The van der Waals surface area contributed by atoms with Crippen molar-refractivity contribution < 1.29 is 19.1 Å². The third-order valence-corrected chi connectivity index (χ3v) is 5.88. The van der Waals surface area contributed by atoms with E-state index in [2.05, 4.69) is 4.98 Å². The van der Waals surface area contributed by atoms with Gasteiger partial charge in [0.05, 0.1) is 17.5 Å². The highest BCUT2D eigenvalue weighted by Gasteiger charge is 2.49. The number of aliphatic hydroxyl groups is 1. The number of carbonyl (C=O) groups is 2. The van der Waals surface area contributed by atoms with Crippen LogP contribution < -0.4 is 4.90 Å². The molecule has 6 nitrogen and oxygen atoms in total. The molecule has 1 fully saturated rings. The minimum absolute atomic E-state index is 0.00527. The highest BCUT2D eigenvalue weighted by Crippen LogP contribution is 2.43. The summed E-state index contributed by atoms with van der Waals surface area (Å²) in [7, 11) is 0. The van der Waals surface area contributed by atoms with Gasteiger partial charge in [-0.2, -0.15) is 0 Å². The molecule has 0 aliphatic carbocycles. The number of rotatable bonds is 3. The molecule has 2 aromatic heterocycles. The van der Waals surface area contributed by atoms with Gasteiger partial charge in [-0.05, 0) is 32.9 Å². The summed E-state index contributed by atoms with van der Waals surface area (Å²) >= 11 is 1.33. The fourth-order valence-electron chi connectivity index (χ4n) is 3.17. The summed E-state index contributed by atoms with van der Waals surface area (Å²) in [6, 6.07) is 9.59. The molecule has 1 aliphatic rings. The molecule has 0 radical (unpaired) electrons. The molecule has 0 bridgehead atoms. The maximum absolute atomic E-state index is 12.9. The van der Waals surface area contributed by atoms with E-state index in [-0.39, 0.29) is 11.3 Å². The van der Waals surface area contributed by atoms with Gasteiger partial charge in [-0.3, -0.25) is 14.5 Å². The zero-order chi connectivity index (χ0) is 20.0. The van der Waals surface area contributed by atoms with E-state index < -0.39 is 17.7 Å². The topological polar surface area (TPSA) is 83.6 Å². The number of carbonyl (C=O) groups excluding carboxylic acids is 2. The number of aliphatic hydroxyl groups excluding tert-OH is 1. The summed E-state index contributed by atoms with van der Waals surface area (Å²) in [6.45, 7) is 5.68. The molecule has 1 N–H and O–H groups in total. The minimum atomic E-state index is -0.874. The molecule has 0 spiro atoms. The first-order valence-electron chi connectivity index (χ1n) is 8.74. The molecule has 0 unspecified atom stereocenters. The second-order valence-electron chi connectivity index (χ2n) is 6.69.